The Hall–Kier alpha value is -0.930. The minimum Gasteiger partial charge on any atom is -0.479 e. The van der Waals surface area contributed by atoms with Crippen LogP contribution in [0.25, 0.3) is 0 Å². The number of aliphatic carboxylic acids is 1. The van der Waals surface area contributed by atoms with Crippen molar-refractivity contribution in [2.45, 2.75) is 24.9 Å². The summed E-state index contributed by atoms with van der Waals surface area (Å²) in [6.45, 7) is 0. The summed E-state index contributed by atoms with van der Waals surface area (Å²) in [5, 5.41) is 8.31. The fourth-order valence-electron chi connectivity index (χ4n) is 1.06. The van der Waals surface area contributed by atoms with E-state index in [-0.39, 0.29) is 6.42 Å². The van der Waals surface area contributed by atoms with Gasteiger partial charge in [-0.1, -0.05) is 0 Å². The number of carbonyl (C=O) groups is 1. The topological polar surface area (TPSA) is 37.3 Å². The maximum atomic E-state index is 13.0. The smallest absolute Gasteiger partial charge is 0.348 e. The molecule has 62 valence electrons. The lowest BCUT2D eigenvalue weighted by Crippen LogP contribution is -2.35. The summed E-state index contributed by atoms with van der Waals surface area (Å²) in [5.74, 6) is -2.89. The molecule has 11 heavy (non-hydrogen) atoms. The van der Waals surface area contributed by atoms with Gasteiger partial charge in [0.15, 0.2) is 0 Å². The van der Waals surface area contributed by atoms with Crippen LogP contribution in [0.5, 0.6) is 0 Å². The number of halogens is 2. The van der Waals surface area contributed by atoms with Crippen molar-refractivity contribution in [2.24, 2.45) is 0 Å². The molecule has 0 saturated heterocycles. The molecule has 4 heteroatoms. The van der Waals surface area contributed by atoms with Crippen molar-refractivity contribution in [1.82, 2.24) is 0 Å². The average molecular weight is 162 g/mol. The van der Waals surface area contributed by atoms with E-state index in [1.165, 1.54) is 0 Å². The highest BCUT2D eigenvalue weighted by Gasteiger charge is 2.44. The normalized spacial score (nSPS) is 31.3. The van der Waals surface area contributed by atoms with Crippen molar-refractivity contribution in [2.75, 3.05) is 0 Å². The molecule has 0 aromatic rings. The van der Waals surface area contributed by atoms with E-state index in [0.29, 0.717) is 12.8 Å². The average Bonchev–Trinajstić information content (AvgIpc) is 1.95. The van der Waals surface area contributed by atoms with Crippen molar-refractivity contribution in [3.05, 3.63) is 11.9 Å². The lowest BCUT2D eigenvalue weighted by molar-refractivity contribution is -0.150. The molecule has 1 aliphatic rings. The van der Waals surface area contributed by atoms with Crippen LogP contribution in [0.2, 0.25) is 0 Å². The van der Waals surface area contributed by atoms with Crippen molar-refractivity contribution in [1.29, 1.82) is 0 Å². The van der Waals surface area contributed by atoms with E-state index in [1.54, 1.807) is 0 Å². The Morgan fingerprint density at radius 1 is 1.73 bits per heavy atom. The molecule has 0 bridgehead atoms. The van der Waals surface area contributed by atoms with Gasteiger partial charge in [0.05, 0.1) is 0 Å². The molecule has 1 N–H and O–H groups in total. The lowest BCUT2D eigenvalue weighted by Gasteiger charge is -2.21. The van der Waals surface area contributed by atoms with Gasteiger partial charge in [0.25, 0.3) is 5.67 Å². The molecule has 0 aliphatic heterocycles. The van der Waals surface area contributed by atoms with E-state index in [1.807, 2.05) is 0 Å². The summed E-state index contributed by atoms with van der Waals surface area (Å²) in [4.78, 5) is 10.2. The third kappa shape index (κ3) is 1.25. The monoisotopic (exact) mass is 162 g/mol. The summed E-state index contributed by atoms with van der Waals surface area (Å²) in [6.07, 6.45) is 1.54. The summed E-state index contributed by atoms with van der Waals surface area (Å²) >= 11 is 0. The summed E-state index contributed by atoms with van der Waals surface area (Å²) in [6, 6.07) is 0. The van der Waals surface area contributed by atoms with Gasteiger partial charge in [-0.3, -0.25) is 0 Å². The first kappa shape index (κ1) is 8.17. The lowest BCUT2D eigenvalue weighted by atomic mass is 9.92. The molecule has 1 aliphatic carbocycles. The van der Waals surface area contributed by atoms with Gasteiger partial charge in [-0.05, 0) is 25.3 Å². The van der Waals surface area contributed by atoms with Crippen LogP contribution in [0.1, 0.15) is 19.3 Å². The van der Waals surface area contributed by atoms with Gasteiger partial charge in [0.1, 0.15) is 5.83 Å². The van der Waals surface area contributed by atoms with Crippen LogP contribution in [-0.2, 0) is 4.79 Å². The van der Waals surface area contributed by atoms with Crippen molar-refractivity contribution in [3.8, 4) is 0 Å². The van der Waals surface area contributed by atoms with E-state index >= 15 is 0 Å². The van der Waals surface area contributed by atoms with E-state index in [2.05, 4.69) is 0 Å². The molecule has 0 heterocycles. The minimum atomic E-state index is -2.75. The van der Waals surface area contributed by atoms with E-state index in [0.717, 1.165) is 6.08 Å². The molecule has 0 aromatic carbocycles. The van der Waals surface area contributed by atoms with Crippen molar-refractivity contribution in [3.63, 3.8) is 0 Å². The summed E-state index contributed by atoms with van der Waals surface area (Å²) in [7, 11) is 0. The van der Waals surface area contributed by atoms with Gasteiger partial charge >= 0.3 is 5.97 Å². The van der Waals surface area contributed by atoms with Crippen molar-refractivity contribution < 1.29 is 18.7 Å². The zero-order valence-corrected chi connectivity index (χ0v) is 5.81. The SMILES string of the molecule is O=C(O)[C@@]1(F)CCCC=C1F. The first-order valence-corrected chi connectivity index (χ1v) is 3.36. The Labute approximate surface area is 62.5 Å². The Bertz CT molecular complexity index is 212. The zero-order chi connectivity index (χ0) is 8.48. The second-order valence-corrected chi connectivity index (χ2v) is 2.55. The number of carboxylic acid groups (broad SMARTS) is 1. The molecule has 0 aromatic heterocycles. The molecular weight excluding hydrogens is 154 g/mol. The minimum absolute atomic E-state index is 0.259. The maximum Gasteiger partial charge on any atom is 0.348 e. The van der Waals surface area contributed by atoms with Crippen LogP contribution in [0, 0.1) is 0 Å². The number of alkyl halides is 1. The van der Waals surface area contributed by atoms with Crippen LogP contribution in [-0.4, -0.2) is 16.7 Å². The Morgan fingerprint density at radius 3 is 2.73 bits per heavy atom. The first-order chi connectivity index (χ1) is 5.07. The summed E-state index contributed by atoms with van der Waals surface area (Å²) in [5.41, 5.74) is -2.75. The third-order valence-electron chi connectivity index (χ3n) is 1.77. The highest BCUT2D eigenvalue weighted by Crippen LogP contribution is 2.33. The van der Waals surface area contributed by atoms with Crippen molar-refractivity contribution >= 4 is 5.97 Å². The van der Waals surface area contributed by atoms with Gasteiger partial charge in [-0.25, -0.2) is 13.6 Å². The van der Waals surface area contributed by atoms with Crippen LogP contribution in [0.4, 0.5) is 8.78 Å². The van der Waals surface area contributed by atoms with Gasteiger partial charge in [-0.2, -0.15) is 0 Å². The molecular formula is C7H8F2O2. The fourth-order valence-corrected chi connectivity index (χ4v) is 1.06. The van der Waals surface area contributed by atoms with E-state index in [4.69, 9.17) is 5.11 Å². The van der Waals surface area contributed by atoms with E-state index in [9.17, 15) is 13.6 Å². The largest absolute Gasteiger partial charge is 0.479 e. The molecule has 0 saturated carbocycles. The molecule has 0 unspecified atom stereocenters. The van der Waals surface area contributed by atoms with Crippen LogP contribution >= 0.6 is 0 Å². The van der Waals surface area contributed by atoms with Gasteiger partial charge < -0.3 is 5.11 Å². The Morgan fingerprint density at radius 2 is 2.36 bits per heavy atom. The van der Waals surface area contributed by atoms with Gasteiger partial charge in [-0.15, -0.1) is 0 Å². The third-order valence-corrected chi connectivity index (χ3v) is 1.77. The Kier molecular flexibility index (Phi) is 1.93. The standard InChI is InChI=1S/C7H8F2O2/c8-5-3-1-2-4-7(5,9)6(10)11/h3H,1-2,4H2,(H,10,11)/t7-/m1/s1. The summed E-state index contributed by atoms with van der Waals surface area (Å²) < 4.78 is 25.6. The second kappa shape index (κ2) is 2.60. The number of hydrogen-bond donors (Lipinski definition) is 1. The highest BCUT2D eigenvalue weighted by molar-refractivity contribution is 5.81. The quantitative estimate of drug-likeness (QED) is 0.638. The zero-order valence-electron chi connectivity index (χ0n) is 5.81. The highest BCUT2D eigenvalue weighted by atomic mass is 19.2. The molecule has 1 atom stereocenters. The molecule has 2 nitrogen and oxygen atoms in total. The molecule has 0 radical (unpaired) electrons. The van der Waals surface area contributed by atoms with Gasteiger partial charge in [0.2, 0.25) is 0 Å². The molecule has 0 spiro atoms. The molecule has 1 rings (SSSR count). The van der Waals surface area contributed by atoms with Crippen LogP contribution < -0.4 is 0 Å². The van der Waals surface area contributed by atoms with Gasteiger partial charge in [0, 0.05) is 0 Å². The van der Waals surface area contributed by atoms with Crippen LogP contribution in [0.15, 0.2) is 11.9 Å². The first-order valence-electron chi connectivity index (χ1n) is 3.36. The second-order valence-electron chi connectivity index (χ2n) is 2.55. The number of hydrogen-bond acceptors (Lipinski definition) is 1. The number of carboxylic acids is 1. The Balaban J connectivity index is 2.92. The van der Waals surface area contributed by atoms with Crippen LogP contribution in [0.3, 0.4) is 0 Å². The van der Waals surface area contributed by atoms with E-state index < -0.39 is 17.5 Å². The number of allylic oxidation sites excluding steroid dienone is 1. The maximum absolute atomic E-state index is 13.0. The predicted molar refractivity (Wildman–Crippen MR) is 34.5 cm³/mol. The molecule has 0 fully saturated rings. The number of rotatable bonds is 1. The fraction of sp³-hybridized carbons (Fsp3) is 0.571. The predicted octanol–water partition coefficient (Wildman–Crippen LogP) is 1.82. The molecule has 0 amide bonds.